The molecule has 8 nitrogen and oxygen atoms in total. The Morgan fingerprint density at radius 1 is 1.12 bits per heavy atom. The smallest absolute Gasteiger partial charge is 0.273 e. The van der Waals surface area contributed by atoms with Crippen LogP contribution in [0, 0.1) is 0 Å². The third-order valence-electron chi connectivity index (χ3n) is 4.44. The maximum absolute atomic E-state index is 13.1. The molecule has 0 atom stereocenters. The number of carbonyl (C=O) groups excluding carboxylic acids is 2. The Bertz CT molecular complexity index is 875. The van der Waals surface area contributed by atoms with Gasteiger partial charge in [-0.15, -0.1) is 0 Å². The Kier molecular flexibility index (Phi) is 11.5. The van der Waals surface area contributed by atoms with Gasteiger partial charge in [0.1, 0.15) is 6.26 Å². The van der Waals surface area contributed by atoms with E-state index in [2.05, 4.69) is 10.3 Å². The van der Waals surface area contributed by atoms with Crippen LogP contribution >= 0.6 is 23.2 Å². The normalized spacial score (nSPS) is 10.9. The fraction of sp³-hybridized carbons (Fsp3) is 0.500. The van der Waals surface area contributed by atoms with Gasteiger partial charge < -0.3 is 24.1 Å². The predicted molar refractivity (Wildman–Crippen MR) is 122 cm³/mol. The van der Waals surface area contributed by atoms with Crippen molar-refractivity contribution in [2.75, 3.05) is 39.5 Å². The van der Waals surface area contributed by atoms with E-state index in [1.807, 2.05) is 13.8 Å². The van der Waals surface area contributed by atoms with Gasteiger partial charge in [0.2, 0.25) is 5.89 Å². The lowest BCUT2D eigenvalue weighted by Crippen LogP contribution is -2.32. The zero-order chi connectivity index (χ0) is 23.3. The van der Waals surface area contributed by atoms with Gasteiger partial charge in [-0.25, -0.2) is 4.98 Å². The van der Waals surface area contributed by atoms with Gasteiger partial charge in [0.25, 0.3) is 11.8 Å². The molecule has 1 N–H and O–H groups in total. The molecule has 0 aliphatic heterocycles. The van der Waals surface area contributed by atoms with Gasteiger partial charge in [-0.3, -0.25) is 9.59 Å². The quantitative estimate of drug-likeness (QED) is 0.402. The largest absolute Gasteiger partial charge is 0.446 e. The summed E-state index contributed by atoms with van der Waals surface area (Å²) < 4.78 is 16.1. The van der Waals surface area contributed by atoms with Crippen molar-refractivity contribution in [1.29, 1.82) is 0 Å². The second-order valence-electron chi connectivity index (χ2n) is 6.83. The second-order valence-corrected chi connectivity index (χ2v) is 7.68. The number of benzene rings is 1. The SMILES string of the molecule is CCOCCCNC(=O)c1coc(CN(CCCOCC)C(=O)c2ccc(Cl)cc2Cl)n1. The molecule has 176 valence electrons. The van der Waals surface area contributed by atoms with Crippen molar-refractivity contribution in [3.63, 3.8) is 0 Å². The zero-order valence-corrected chi connectivity index (χ0v) is 19.9. The lowest BCUT2D eigenvalue weighted by Gasteiger charge is -2.22. The van der Waals surface area contributed by atoms with E-state index in [0.29, 0.717) is 62.9 Å². The molecule has 10 heteroatoms. The summed E-state index contributed by atoms with van der Waals surface area (Å²) in [6.45, 7) is 7.11. The minimum Gasteiger partial charge on any atom is -0.446 e. The van der Waals surface area contributed by atoms with Crippen LogP contribution in [0.5, 0.6) is 0 Å². The predicted octanol–water partition coefficient (Wildman–Crippen LogP) is 4.21. The molecule has 32 heavy (non-hydrogen) atoms. The highest BCUT2D eigenvalue weighted by molar-refractivity contribution is 6.36. The molecule has 0 radical (unpaired) electrons. The Labute approximate surface area is 198 Å². The first kappa shape index (κ1) is 26.1. The van der Waals surface area contributed by atoms with E-state index in [0.717, 1.165) is 0 Å². The second kappa shape index (κ2) is 14.1. The van der Waals surface area contributed by atoms with Crippen molar-refractivity contribution in [3.05, 3.63) is 51.7 Å². The minimum absolute atomic E-state index is 0.0849. The maximum Gasteiger partial charge on any atom is 0.273 e. The molecule has 0 saturated carbocycles. The Morgan fingerprint density at radius 2 is 1.84 bits per heavy atom. The molecule has 0 fully saturated rings. The molecule has 0 bridgehead atoms. The highest BCUT2D eigenvalue weighted by Gasteiger charge is 2.22. The topological polar surface area (TPSA) is 93.9 Å². The van der Waals surface area contributed by atoms with Crippen molar-refractivity contribution in [1.82, 2.24) is 15.2 Å². The Morgan fingerprint density at radius 3 is 2.53 bits per heavy atom. The van der Waals surface area contributed by atoms with Gasteiger partial charge in [-0.05, 0) is 44.9 Å². The minimum atomic E-state index is -0.341. The maximum atomic E-state index is 13.1. The van der Waals surface area contributed by atoms with Gasteiger partial charge in [0.05, 0.1) is 17.1 Å². The molecule has 1 heterocycles. The van der Waals surface area contributed by atoms with Crippen LogP contribution in [0.4, 0.5) is 0 Å². The van der Waals surface area contributed by atoms with Gasteiger partial charge in [-0.2, -0.15) is 0 Å². The van der Waals surface area contributed by atoms with E-state index >= 15 is 0 Å². The Hall–Kier alpha value is -2.13. The van der Waals surface area contributed by atoms with Crippen molar-refractivity contribution in [2.45, 2.75) is 33.2 Å². The number of nitrogens with zero attached hydrogens (tertiary/aromatic N) is 2. The summed E-state index contributed by atoms with van der Waals surface area (Å²) in [5.74, 6) is -0.380. The van der Waals surface area contributed by atoms with E-state index in [9.17, 15) is 9.59 Å². The van der Waals surface area contributed by atoms with Crippen LogP contribution in [0.25, 0.3) is 0 Å². The molecule has 2 amide bonds. The van der Waals surface area contributed by atoms with Crippen LogP contribution in [0.2, 0.25) is 10.0 Å². The van der Waals surface area contributed by atoms with Crippen molar-refractivity contribution < 1.29 is 23.5 Å². The first-order valence-corrected chi connectivity index (χ1v) is 11.3. The number of amides is 2. The number of halogens is 2. The standard InChI is InChI=1S/C22H29Cl2N3O5/c1-3-30-11-5-9-25-21(28)19-15-32-20(26-19)14-27(10-6-12-31-4-2)22(29)17-8-7-16(23)13-18(17)24/h7-8,13,15H,3-6,9-12,14H2,1-2H3,(H,25,28). The highest BCUT2D eigenvalue weighted by atomic mass is 35.5. The first-order chi connectivity index (χ1) is 15.5. The fourth-order valence-corrected chi connectivity index (χ4v) is 3.34. The third kappa shape index (κ3) is 8.43. The van der Waals surface area contributed by atoms with Crippen LogP contribution in [-0.4, -0.2) is 61.2 Å². The van der Waals surface area contributed by atoms with E-state index < -0.39 is 0 Å². The molecule has 2 rings (SSSR count). The summed E-state index contributed by atoms with van der Waals surface area (Å²) in [6.07, 6.45) is 2.61. The Balaban J connectivity index is 2.04. The third-order valence-corrected chi connectivity index (χ3v) is 4.98. The number of rotatable bonds is 14. The monoisotopic (exact) mass is 485 g/mol. The number of carbonyl (C=O) groups is 2. The molecule has 0 aliphatic rings. The van der Waals surface area contributed by atoms with Crippen molar-refractivity contribution >= 4 is 35.0 Å². The molecule has 0 spiro atoms. The van der Waals surface area contributed by atoms with Crippen LogP contribution in [0.1, 0.15) is 53.4 Å². The number of ether oxygens (including phenoxy) is 2. The van der Waals surface area contributed by atoms with Gasteiger partial charge in [0, 0.05) is 44.5 Å². The van der Waals surface area contributed by atoms with Gasteiger partial charge >= 0.3 is 0 Å². The number of aromatic nitrogens is 1. The summed E-state index contributed by atoms with van der Waals surface area (Å²) in [5, 5.41) is 3.47. The molecule has 1 aromatic carbocycles. The number of nitrogens with one attached hydrogen (secondary N) is 1. The van der Waals surface area contributed by atoms with Crippen molar-refractivity contribution in [3.8, 4) is 0 Å². The summed E-state index contributed by atoms with van der Waals surface area (Å²) in [7, 11) is 0. The summed E-state index contributed by atoms with van der Waals surface area (Å²) in [6, 6.07) is 4.71. The molecule has 0 unspecified atom stereocenters. The average Bonchev–Trinajstić information content (AvgIpc) is 3.24. The van der Waals surface area contributed by atoms with E-state index in [-0.39, 0.29) is 35.0 Å². The summed E-state index contributed by atoms with van der Waals surface area (Å²) >= 11 is 12.2. The molecule has 1 aromatic heterocycles. The molecular weight excluding hydrogens is 457 g/mol. The highest BCUT2D eigenvalue weighted by Crippen LogP contribution is 2.23. The van der Waals surface area contributed by atoms with Gasteiger partial charge in [0.15, 0.2) is 5.69 Å². The van der Waals surface area contributed by atoms with E-state index in [4.69, 9.17) is 37.1 Å². The number of oxazole rings is 1. The number of hydrogen-bond donors (Lipinski definition) is 1. The van der Waals surface area contributed by atoms with E-state index in [1.54, 1.807) is 17.0 Å². The molecule has 0 aliphatic carbocycles. The van der Waals surface area contributed by atoms with Crippen LogP contribution in [-0.2, 0) is 16.0 Å². The first-order valence-electron chi connectivity index (χ1n) is 10.6. The summed E-state index contributed by atoms with van der Waals surface area (Å²) in [5.41, 5.74) is 0.481. The van der Waals surface area contributed by atoms with Crippen LogP contribution < -0.4 is 5.32 Å². The molecular formula is C22H29Cl2N3O5. The van der Waals surface area contributed by atoms with Crippen LogP contribution in [0.15, 0.2) is 28.9 Å². The average molecular weight is 486 g/mol. The number of hydrogen-bond acceptors (Lipinski definition) is 6. The lowest BCUT2D eigenvalue weighted by atomic mass is 10.2. The van der Waals surface area contributed by atoms with Gasteiger partial charge in [-0.1, -0.05) is 23.2 Å². The lowest BCUT2D eigenvalue weighted by molar-refractivity contribution is 0.0696. The summed E-state index contributed by atoms with van der Waals surface area (Å²) in [4.78, 5) is 31.2. The van der Waals surface area contributed by atoms with E-state index in [1.165, 1.54) is 12.3 Å². The zero-order valence-electron chi connectivity index (χ0n) is 18.4. The molecule has 0 saturated heterocycles. The molecule has 2 aromatic rings. The fourth-order valence-electron chi connectivity index (χ4n) is 2.85. The van der Waals surface area contributed by atoms with Crippen LogP contribution in [0.3, 0.4) is 0 Å². The van der Waals surface area contributed by atoms with Crippen molar-refractivity contribution in [2.24, 2.45) is 0 Å².